The maximum absolute atomic E-state index is 12.4. The minimum Gasteiger partial charge on any atom is -0.497 e. The molecule has 2 aromatic carbocycles. The summed E-state index contributed by atoms with van der Waals surface area (Å²) in [5.74, 6) is 0.944. The molecule has 1 aliphatic heterocycles. The van der Waals surface area contributed by atoms with Gasteiger partial charge in [0.15, 0.2) is 0 Å². The van der Waals surface area contributed by atoms with Crippen LogP contribution < -0.4 is 20.1 Å². The van der Waals surface area contributed by atoms with Crippen molar-refractivity contribution in [3.05, 3.63) is 53.6 Å². The van der Waals surface area contributed by atoms with Gasteiger partial charge in [-0.05, 0) is 61.7 Å². The van der Waals surface area contributed by atoms with Crippen LogP contribution in [0.2, 0.25) is 0 Å². The van der Waals surface area contributed by atoms with E-state index >= 15 is 0 Å². The first-order valence-electron chi connectivity index (χ1n) is 10.1. The van der Waals surface area contributed by atoms with Gasteiger partial charge in [0.2, 0.25) is 11.8 Å². The number of rotatable bonds is 8. The summed E-state index contributed by atoms with van der Waals surface area (Å²) in [7, 11) is 3.20. The van der Waals surface area contributed by atoms with Gasteiger partial charge in [0.05, 0.1) is 33.0 Å². The highest BCUT2D eigenvalue weighted by Crippen LogP contribution is 2.32. The maximum Gasteiger partial charge on any atom is 0.243 e. The molecule has 1 heterocycles. The molecule has 0 spiro atoms. The van der Waals surface area contributed by atoms with Crippen molar-refractivity contribution in [2.75, 3.05) is 39.2 Å². The predicted octanol–water partition coefficient (Wildman–Crippen LogP) is 2.90. The number of hydrogen-bond donors (Lipinski definition) is 2. The second-order valence-corrected chi connectivity index (χ2v) is 7.43. The van der Waals surface area contributed by atoms with Crippen molar-refractivity contribution in [1.29, 1.82) is 0 Å². The Labute approximate surface area is 177 Å². The highest BCUT2D eigenvalue weighted by molar-refractivity contribution is 5.96. The molecule has 30 heavy (non-hydrogen) atoms. The fourth-order valence-corrected chi connectivity index (χ4v) is 3.75. The van der Waals surface area contributed by atoms with E-state index in [0.717, 1.165) is 30.7 Å². The van der Waals surface area contributed by atoms with E-state index in [4.69, 9.17) is 9.47 Å². The number of aryl methyl sites for hydroxylation is 1. The number of anilines is 1. The van der Waals surface area contributed by atoms with Crippen molar-refractivity contribution < 1.29 is 19.1 Å². The Kier molecular flexibility index (Phi) is 7.30. The summed E-state index contributed by atoms with van der Waals surface area (Å²) in [5, 5.41) is 5.51. The van der Waals surface area contributed by atoms with Crippen molar-refractivity contribution in [2.24, 2.45) is 0 Å². The average molecular weight is 412 g/mol. The molecule has 2 N–H and O–H groups in total. The van der Waals surface area contributed by atoms with Gasteiger partial charge in [-0.15, -0.1) is 0 Å². The fraction of sp³-hybridized carbons (Fsp3) is 0.391. The number of benzene rings is 2. The lowest BCUT2D eigenvalue weighted by molar-refractivity contribution is -0.125. The van der Waals surface area contributed by atoms with Crippen LogP contribution in [0.25, 0.3) is 0 Å². The van der Waals surface area contributed by atoms with Crippen LogP contribution in [0.15, 0.2) is 42.5 Å². The van der Waals surface area contributed by atoms with Gasteiger partial charge in [-0.1, -0.05) is 18.2 Å². The Morgan fingerprint density at radius 1 is 1.07 bits per heavy atom. The minimum atomic E-state index is -0.291. The average Bonchev–Trinajstić information content (AvgIpc) is 3.20. The highest BCUT2D eigenvalue weighted by atomic mass is 16.5. The first-order valence-corrected chi connectivity index (χ1v) is 10.1. The van der Waals surface area contributed by atoms with Crippen molar-refractivity contribution in [3.63, 3.8) is 0 Å². The Balaban J connectivity index is 1.51. The summed E-state index contributed by atoms with van der Waals surface area (Å²) in [5.41, 5.74) is 2.77. The lowest BCUT2D eigenvalue weighted by atomic mass is 10.0. The molecule has 1 fully saturated rings. The molecular weight excluding hydrogens is 382 g/mol. The van der Waals surface area contributed by atoms with E-state index < -0.39 is 0 Å². The van der Waals surface area contributed by atoms with E-state index in [9.17, 15) is 9.59 Å². The van der Waals surface area contributed by atoms with Gasteiger partial charge in [-0.25, -0.2) is 0 Å². The van der Waals surface area contributed by atoms with Crippen LogP contribution in [0.5, 0.6) is 11.5 Å². The number of amides is 2. The van der Waals surface area contributed by atoms with Gasteiger partial charge < -0.3 is 20.1 Å². The van der Waals surface area contributed by atoms with Gasteiger partial charge in [-0.3, -0.25) is 14.5 Å². The van der Waals surface area contributed by atoms with Crippen LogP contribution in [-0.2, 0) is 9.59 Å². The van der Waals surface area contributed by atoms with E-state index in [2.05, 4.69) is 15.5 Å². The summed E-state index contributed by atoms with van der Waals surface area (Å²) in [4.78, 5) is 26.9. The normalized spacial score (nSPS) is 16.2. The quantitative estimate of drug-likeness (QED) is 0.698. The third kappa shape index (κ3) is 5.51. The van der Waals surface area contributed by atoms with Gasteiger partial charge in [-0.2, -0.15) is 0 Å². The van der Waals surface area contributed by atoms with Crippen LogP contribution in [0.1, 0.15) is 30.0 Å². The zero-order valence-corrected chi connectivity index (χ0v) is 17.7. The molecule has 1 saturated heterocycles. The highest BCUT2D eigenvalue weighted by Gasteiger charge is 2.27. The number of likely N-dealkylation sites (tertiary alicyclic amines) is 1. The minimum absolute atomic E-state index is 0.0863. The molecule has 1 aliphatic rings. The topological polar surface area (TPSA) is 79.9 Å². The molecule has 7 nitrogen and oxygen atoms in total. The summed E-state index contributed by atoms with van der Waals surface area (Å²) in [6.45, 7) is 2.97. The van der Waals surface area contributed by atoms with Crippen molar-refractivity contribution in [1.82, 2.24) is 10.2 Å². The SMILES string of the molecule is COc1ccc([C@H]2CCCN2CC(=O)NCC(=O)Nc2cc(C)ccc2OC)cc1. The van der Waals surface area contributed by atoms with E-state index in [1.807, 2.05) is 43.3 Å². The molecule has 1 atom stereocenters. The van der Waals surface area contributed by atoms with Gasteiger partial charge in [0.25, 0.3) is 0 Å². The third-order valence-corrected chi connectivity index (χ3v) is 5.29. The fourth-order valence-electron chi connectivity index (χ4n) is 3.75. The molecule has 2 aromatic rings. The van der Waals surface area contributed by atoms with Gasteiger partial charge in [0, 0.05) is 6.04 Å². The molecule has 0 aromatic heterocycles. The van der Waals surface area contributed by atoms with E-state index in [1.165, 1.54) is 5.56 Å². The second kappa shape index (κ2) is 10.1. The first kappa shape index (κ1) is 21.6. The Morgan fingerprint density at radius 3 is 2.53 bits per heavy atom. The number of nitrogens with one attached hydrogen (secondary N) is 2. The van der Waals surface area contributed by atoms with Crippen LogP contribution in [0.3, 0.4) is 0 Å². The van der Waals surface area contributed by atoms with Crippen LogP contribution >= 0.6 is 0 Å². The first-order chi connectivity index (χ1) is 14.5. The maximum atomic E-state index is 12.4. The van der Waals surface area contributed by atoms with Crippen molar-refractivity contribution >= 4 is 17.5 Å². The molecule has 0 unspecified atom stereocenters. The molecule has 0 aliphatic carbocycles. The molecule has 160 valence electrons. The summed E-state index contributed by atoms with van der Waals surface area (Å²) < 4.78 is 10.5. The van der Waals surface area contributed by atoms with Crippen molar-refractivity contribution in [3.8, 4) is 11.5 Å². The third-order valence-electron chi connectivity index (χ3n) is 5.29. The predicted molar refractivity (Wildman–Crippen MR) is 116 cm³/mol. The molecule has 0 bridgehead atoms. The molecule has 2 amide bonds. The van der Waals surface area contributed by atoms with E-state index in [0.29, 0.717) is 11.4 Å². The van der Waals surface area contributed by atoms with Crippen LogP contribution in [0.4, 0.5) is 5.69 Å². The number of ether oxygens (including phenoxy) is 2. The van der Waals surface area contributed by atoms with Crippen LogP contribution in [0, 0.1) is 6.92 Å². The van der Waals surface area contributed by atoms with Crippen molar-refractivity contribution in [2.45, 2.75) is 25.8 Å². The molecule has 3 rings (SSSR count). The zero-order chi connectivity index (χ0) is 21.5. The van der Waals surface area contributed by atoms with Crippen LogP contribution in [-0.4, -0.2) is 50.6 Å². The molecular formula is C23H29N3O4. The number of methoxy groups -OCH3 is 2. The molecule has 0 radical (unpaired) electrons. The monoisotopic (exact) mass is 411 g/mol. The lowest BCUT2D eigenvalue weighted by Crippen LogP contribution is -2.40. The molecule has 0 saturated carbocycles. The van der Waals surface area contributed by atoms with Gasteiger partial charge in [0.1, 0.15) is 11.5 Å². The second-order valence-electron chi connectivity index (χ2n) is 7.43. The summed E-state index contributed by atoms with van der Waals surface area (Å²) in [6.07, 6.45) is 2.05. The summed E-state index contributed by atoms with van der Waals surface area (Å²) in [6, 6.07) is 13.7. The number of nitrogens with zero attached hydrogens (tertiary/aromatic N) is 1. The Morgan fingerprint density at radius 2 is 1.83 bits per heavy atom. The largest absolute Gasteiger partial charge is 0.497 e. The Bertz CT molecular complexity index is 883. The Hall–Kier alpha value is -3.06. The van der Waals surface area contributed by atoms with E-state index in [-0.39, 0.29) is 30.9 Å². The molecule has 7 heteroatoms. The smallest absolute Gasteiger partial charge is 0.243 e. The zero-order valence-electron chi connectivity index (χ0n) is 17.7. The van der Waals surface area contributed by atoms with Gasteiger partial charge >= 0.3 is 0 Å². The van der Waals surface area contributed by atoms with E-state index in [1.54, 1.807) is 20.3 Å². The number of carbonyl (C=O) groups is 2. The number of carbonyl (C=O) groups excluding carboxylic acids is 2. The lowest BCUT2D eigenvalue weighted by Gasteiger charge is -2.24. The summed E-state index contributed by atoms with van der Waals surface area (Å²) >= 11 is 0. The number of hydrogen-bond acceptors (Lipinski definition) is 5. The standard InChI is InChI=1S/C23H29N3O4/c1-16-6-11-21(30-3)19(13-16)25-22(27)14-24-23(28)15-26-12-4-5-20(26)17-7-9-18(29-2)10-8-17/h6-11,13,20H,4-5,12,14-15H2,1-3H3,(H,24,28)(H,25,27)/t20-/m1/s1.